The Morgan fingerprint density at radius 1 is 1.33 bits per heavy atom. The van der Waals surface area contributed by atoms with Crippen molar-refractivity contribution in [1.82, 2.24) is 5.32 Å². The third-order valence-corrected chi connectivity index (χ3v) is 3.14. The molecule has 2 rings (SSSR count). The molecule has 0 aromatic heterocycles. The Kier molecular flexibility index (Phi) is 4.50. The maximum atomic E-state index is 6.21. The van der Waals surface area contributed by atoms with Gasteiger partial charge in [-0.3, -0.25) is 0 Å². The van der Waals surface area contributed by atoms with Crippen LogP contribution in [0.15, 0.2) is 18.2 Å². The van der Waals surface area contributed by atoms with E-state index in [9.17, 15) is 0 Å². The molecular formula is C14H18ClNO2. The normalized spacial score (nSPS) is 16.6. The van der Waals surface area contributed by atoms with Crippen molar-refractivity contribution >= 4 is 17.7 Å². The van der Waals surface area contributed by atoms with Crippen molar-refractivity contribution in [2.24, 2.45) is 0 Å². The smallest absolute Gasteiger partial charge is 0.179 e. The molecule has 0 bridgehead atoms. The number of fused-ring (bicyclic) bond motifs is 1. The van der Waals surface area contributed by atoms with Crippen molar-refractivity contribution < 1.29 is 9.47 Å². The third kappa shape index (κ3) is 3.18. The van der Waals surface area contributed by atoms with E-state index in [1.54, 1.807) is 0 Å². The van der Waals surface area contributed by atoms with Gasteiger partial charge in [-0.25, -0.2) is 0 Å². The molecule has 3 nitrogen and oxygen atoms in total. The fourth-order valence-corrected chi connectivity index (χ4v) is 1.97. The van der Waals surface area contributed by atoms with E-state index in [0.717, 1.165) is 17.7 Å². The van der Waals surface area contributed by atoms with E-state index >= 15 is 0 Å². The first-order valence-electron chi connectivity index (χ1n) is 6.15. The molecule has 0 saturated heterocycles. The lowest BCUT2D eigenvalue weighted by molar-refractivity contribution is 0.297. The fraction of sp³-hybridized carbons (Fsp3) is 0.429. The number of likely N-dealkylation sites (N-methyl/N-ethyl adjacent to an activating group) is 1. The minimum Gasteiger partial charge on any atom is -0.489 e. The third-order valence-electron chi connectivity index (χ3n) is 2.86. The van der Waals surface area contributed by atoms with E-state index < -0.39 is 0 Å². The van der Waals surface area contributed by atoms with E-state index in [1.165, 1.54) is 0 Å². The zero-order chi connectivity index (χ0) is 13.0. The summed E-state index contributed by atoms with van der Waals surface area (Å²) in [5, 5.41) is 3.75. The van der Waals surface area contributed by atoms with Crippen LogP contribution in [0.1, 0.15) is 18.9 Å². The largest absolute Gasteiger partial charge is 0.489 e. The van der Waals surface area contributed by atoms with Gasteiger partial charge in [-0.2, -0.15) is 0 Å². The number of hydrogen-bond donors (Lipinski definition) is 1. The van der Waals surface area contributed by atoms with Crippen molar-refractivity contribution in [2.45, 2.75) is 19.4 Å². The summed E-state index contributed by atoms with van der Waals surface area (Å²) in [6.07, 6.45) is 4.99. The van der Waals surface area contributed by atoms with E-state index in [-0.39, 0.29) is 0 Å². The predicted molar refractivity (Wildman–Crippen MR) is 74.6 cm³/mol. The van der Waals surface area contributed by atoms with Crippen LogP contribution in [-0.4, -0.2) is 26.3 Å². The number of halogens is 1. The minimum absolute atomic E-state index is 0.319. The van der Waals surface area contributed by atoms with Crippen molar-refractivity contribution in [3.63, 3.8) is 0 Å². The van der Waals surface area contributed by atoms with Crippen LogP contribution in [0.2, 0.25) is 5.02 Å². The number of hydrogen-bond acceptors (Lipinski definition) is 3. The van der Waals surface area contributed by atoms with Crippen LogP contribution in [0.4, 0.5) is 0 Å². The number of rotatable bonds is 3. The first kappa shape index (κ1) is 13.2. The second-order valence-electron chi connectivity index (χ2n) is 4.32. The Balaban J connectivity index is 2.26. The number of nitrogens with one attached hydrogen (secondary N) is 1. The van der Waals surface area contributed by atoms with Crippen LogP contribution < -0.4 is 14.8 Å². The Bertz CT molecular complexity index is 446. The Morgan fingerprint density at radius 3 is 2.89 bits per heavy atom. The van der Waals surface area contributed by atoms with Crippen LogP contribution in [-0.2, 0) is 0 Å². The summed E-state index contributed by atoms with van der Waals surface area (Å²) < 4.78 is 11.2. The van der Waals surface area contributed by atoms with Crippen LogP contribution in [0.3, 0.4) is 0 Å². The Morgan fingerprint density at radius 2 is 2.11 bits per heavy atom. The second kappa shape index (κ2) is 6.12. The molecule has 1 aromatic rings. The monoisotopic (exact) mass is 267 g/mol. The topological polar surface area (TPSA) is 30.5 Å². The summed E-state index contributed by atoms with van der Waals surface area (Å²) in [5.41, 5.74) is 1.02. The summed E-state index contributed by atoms with van der Waals surface area (Å²) in [6, 6.07) is 4.18. The molecule has 4 heteroatoms. The standard InChI is InChI=1S/C14H18ClNO2/c1-10(16-2)4-5-11-8-12(15)14-13(9-11)17-6-3-7-18-14/h4-5,8-10,16H,3,6-7H2,1-2H3/b5-4+. The molecule has 98 valence electrons. The summed E-state index contributed by atoms with van der Waals surface area (Å²) in [5.74, 6) is 1.39. The maximum Gasteiger partial charge on any atom is 0.179 e. The average Bonchev–Trinajstić information content (AvgIpc) is 2.61. The quantitative estimate of drug-likeness (QED) is 0.913. The molecule has 1 heterocycles. The Hall–Kier alpha value is -1.19. The van der Waals surface area contributed by atoms with Crippen molar-refractivity contribution in [2.75, 3.05) is 20.3 Å². The van der Waals surface area contributed by atoms with Gasteiger partial charge in [0.2, 0.25) is 0 Å². The molecule has 0 amide bonds. The van der Waals surface area contributed by atoms with Crippen LogP contribution >= 0.6 is 11.6 Å². The van der Waals surface area contributed by atoms with Gasteiger partial charge in [0.1, 0.15) is 0 Å². The molecule has 0 radical (unpaired) electrons. The molecule has 1 N–H and O–H groups in total. The summed E-state index contributed by atoms with van der Waals surface area (Å²) in [6.45, 7) is 3.41. The van der Waals surface area contributed by atoms with Gasteiger partial charge in [-0.1, -0.05) is 23.8 Å². The molecule has 0 aliphatic carbocycles. The summed E-state index contributed by atoms with van der Waals surface area (Å²) >= 11 is 6.21. The van der Waals surface area contributed by atoms with Crippen molar-refractivity contribution in [3.05, 3.63) is 28.8 Å². The molecule has 0 spiro atoms. The summed E-state index contributed by atoms with van der Waals surface area (Å²) in [7, 11) is 1.93. The highest BCUT2D eigenvalue weighted by atomic mass is 35.5. The van der Waals surface area contributed by atoms with Gasteiger partial charge in [0.25, 0.3) is 0 Å². The molecule has 0 saturated carbocycles. The van der Waals surface area contributed by atoms with Crippen LogP contribution in [0.5, 0.6) is 11.5 Å². The fourth-order valence-electron chi connectivity index (χ4n) is 1.70. The molecule has 1 aromatic carbocycles. The zero-order valence-corrected chi connectivity index (χ0v) is 11.5. The van der Waals surface area contributed by atoms with E-state index in [4.69, 9.17) is 21.1 Å². The van der Waals surface area contributed by atoms with Gasteiger partial charge in [0.15, 0.2) is 11.5 Å². The van der Waals surface area contributed by atoms with Gasteiger partial charge in [-0.15, -0.1) is 0 Å². The highest BCUT2D eigenvalue weighted by Gasteiger charge is 2.14. The van der Waals surface area contributed by atoms with Crippen LogP contribution in [0, 0.1) is 0 Å². The van der Waals surface area contributed by atoms with Gasteiger partial charge in [-0.05, 0) is 31.7 Å². The molecular weight excluding hydrogens is 250 g/mol. The second-order valence-corrected chi connectivity index (χ2v) is 4.72. The van der Waals surface area contributed by atoms with Gasteiger partial charge in [0, 0.05) is 12.5 Å². The zero-order valence-electron chi connectivity index (χ0n) is 10.7. The highest BCUT2D eigenvalue weighted by Crippen LogP contribution is 2.38. The summed E-state index contributed by atoms with van der Waals surface area (Å²) in [4.78, 5) is 0. The van der Waals surface area contributed by atoms with Gasteiger partial charge in [0.05, 0.1) is 18.2 Å². The molecule has 1 unspecified atom stereocenters. The molecule has 18 heavy (non-hydrogen) atoms. The van der Waals surface area contributed by atoms with Gasteiger partial charge >= 0.3 is 0 Å². The number of benzene rings is 1. The molecule has 0 fully saturated rings. The van der Waals surface area contributed by atoms with E-state index in [2.05, 4.69) is 18.3 Å². The van der Waals surface area contributed by atoms with Crippen molar-refractivity contribution in [1.29, 1.82) is 0 Å². The lowest BCUT2D eigenvalue weighted by Crippen LogP contribution is -2.17. The first-order valence-corrected chi connectivity index (χ1v) is 6.53. The van der Waals surface area contributed by atoms with E-state index in [0.29, 0.717) is 30.0 Å². The SMILES string of the molecule is CNC(C)/C=C/c1cc(Cl)c2c(c1)OCCCO2. The molecule has 1 aliphatic rings. The molecule has 1 aliphatic heterocycles. The highest BCUT2D eigenvalue weighted by molar-refractivity contribution is 6.32. The van der Waals surface area contributed by atoms with E-state index in [1.807, 2.05) is 25.3 Å². The Labute approximate surface area is 113 Å². The maximum absolute atomic E-state index is 6.21. The van der Waals surface area contributed by atoms with Crippen molar-refractivity contribution in [3.8, 4) is 11.5 Å². The predicted octanol–water partition coefficient (Wildman–Crippen LogP) is 3.12. The average molecular weight is 268 g/mol. The van der Waals surface area contributed by atoms with Crippen LogP contribution in [0.25, 0.3) is 6.08 Å². The lowest BCUT2D eigenvalue weighted by Gasteiger charge is -2.10. The molecule has 1 atom stereocenters. The van der Waals surface area contributed by atoms with Gasteiger partial charge < -0.3 is 14.8 Å². The number of ether oxygens (including phenoxy) is 2. The first-order chi connectivity index (χ1) is 8.70. The minimum atomic E-state index is 0.319. The lowest BCUT2D eigenvalue weighted by atomic mass is 10.1.